The van der Waals surface area contributed by atoms with Crippen LogP contribution in [0.5, 0.6) is 0 Å². The summed E-state index contributed by atoms with van der Waals surface area (Å²) in [5.41, 5.74) is 2.18. The number of hydrogen-bond acceptors (Lipinski definition) is 3. The normalized spacial score (nSPS) is 15.0. The Labute approximate surface area is 140 Å². The summed E-state index contributed by atoms with van der Waals surface area (Å²) in [7, 11) is 0. The molecule has 1 unspecified atom stereocenters. The van der Waals surface area contributed by atoms with Gasteiger partial charge in [-0.05, 0) is 37.8 Å². The zero-order valence-electron chi connectivity index (χ0n) is 13.4. The zero-order valence-corrected chi connectivity index (χ0v) is 13.4. The Morgan fingerprint density at radius 1 is 1.38 bits per heavy atom. The minimum Gasteiger partial charge on any atom is -0.480 e. The van der Waals surface area contributed by atoms with Gasteiger partial charge in [-0.25, -0.2) is 4.79 Å². The van der Waals surface area contributed by atoms with E-state index in [4.69, 9.17) is 0 Å². The SMILES string of the molecule is C=CCCC(NC(=O)c1cc(C2CC2)nc2ccccc12)C(=O)O. The molecule has 0 spiro atoms. The molecule has 0 aliphatic heterocycles. The summed E-state index contributed by atoms with van der Waals surface area (Å²) in [4.78, 5) is 28.7. The fourth-order valence-electron chi connectivity index (χ4n) is 2.75. The van der Waals surface area contributed by atoms with Gasteiger partial charge >= 0.3 is 5.97 Å². The first-order valence-corrected chi connectivity index (χ1v) is 8.14. The highest BCUT2D eigenvalue weighted by Gasteiger charge is 2.28. The van der Waals surface area contributed by atoms with Crippen LogP contribution in [-0.2, 0) is 4.79 Å². The van der Waals surface area contributed by atoms with Gasteiger partial charge < -0.3 is 10.4 Å². The maximum atomic E-state index is 12.7. The molecular formula is C19H20N2O3. The monoisotopic (exact) mass is 324 g/mol. The molecule has 0 saturated heterocycles. The van der Waals surface area contributed by atoms with Crippen molar-refractivity contribution < 1.29 is 14.7 Å². The Balaban J connectivity index is 1.93. The van der Waals surface area contributed by atoms with E-state index in [1.54, 1.807) is 6.08 Å². The number of pyridine rings is 1. The number of rotatable bonds is 7. The quantitative estimate of drug-likeness (QED) is 0.766. The number of nitrogens with one attached hydrogen (secondary N) is 1. The molecule has 1 atom stereocenters. The molecule has 24 heavy (non-hydrogen) atoms. The Morgan fingerprint density at radius 3 is 2.79 bits per heavy atom. The van der Waals surface area contributed by atoms with Gasteiger partial charge in [-0.15, -0.1) is 6.58 Å². The molecule has 2 N–H and O–H groups in total. The van der Waals surface area contributed by atoms with Gasteiger partial charge in [0.1, 0.15) is 6.04 Å². The summed E-state index contributed by atoms with van der Waals surface area (Å²) in [6.45, 7) is 3.59. The topological polar surface area (TPSA) is 79.3 Å². The molecule has 1 saturated carbocycles. The number of aromatic nitrogens is 1. The van der Waals surface area contributed by atoms with Crippen molar-refractivity contribution in [2.75, 3.05) is 0 Å². The molecule has 2 aromatic rings. The predicted octanol–water partition coefficient (Wildman–Crippen LogP) is 3.26. The largest absolute Gasteiger partial charge is 0.480 e. The molecule has 0 radical (unpaired) electrons. The van der Waals surface area contributed by atoms with Gasteiger partial charge in [0.15, 0.2) is 0 Å². The van der Waals surface area contributed by atoms with Crippen molar-refractivity contribution in [2.24, 2.45) is 0 Å². The molecule has 1 aliphatic carbocycles. The highest BCUT2D eigenvalue weighted by molar-refractivity contribution is 6.07. The summed E-state index contributed by atoms with van der Waals surface area (Å²) in [5, 5.41) is 12.7. The van der Waals surface area contributed by atoms with Crippen molar-refractivity contribution in [3.63, 3.8) is 0 Å². The van der Waals surface area contributed by atoms with Gasteiger partial charge in [-0.3, -0.25) is 9.78 Å². The fourth-order valence-corrected chi connectivity index (χ4v) is 2.75. The van der Waals surface area contributed by atoms with E-state index < -0.39 is 12.0 Å². The van der Waals surface area contributed by atoms with Crippen LogP contribution in [0.4, 0.5) is 0 Å². The van der Waals surface area contributed by atoms with Crippen molar-refractivity contribution in [1.82, 2.24) is 10.3 Å². The van der Waals surface area contributed by atoms with E-state index in [0.717, 1.165) is 29.4 Å². The summed E-state index contributed by atoms with van der Waals surface area (Å²) in [6, 6.07) is 8.34. The Morgan fingerprint density at radius 2 is 2.12 bits per heavy atom. The number of fused-ring (bicyclic) bond motifs is 1. The lowest BCUT2D eigenvalue weighted by atomic mass is 10.0. The molecule has 3 rings (SSSR count). The molecule has 1 heterocycles. The maximum absolute atomic E-state index is 12.7. The first-order chi connectivity index (χ1) is 11.6. The first kappa shape index (κ1) is 16.2. The lowest BCUT2D eigenvalue weighted by Gasteiger charge is -2.15. The number of carbonyl (C=O) groups excluding carboxylic acids is 1. The number of nitrogens with zero attached hydrogens (tertiary/aromatic N) is 1. The number of allylic oxidation sites excluding steroid dienone is 1. The number of amides is 1. The van der Waals surface area contributed by atoms with Crippen LogP contribution in [0.1, 0.15) is 47.7 Å². The number of carboxylic acid groups (broad SMARTS) is 1. The highest BCUT2D eigenvalue weighted by atomic mass is 16.4. The van der Waals surface area contributed by atoms with Crippen molar-refractivity contribution >= 4 is 22.8 Å². The van der Waals surface area contributed by atoms with E-state index in [9.17, 15) is 14.7 Å². The Bertz CT molecular complexity index is 796. The standard InChI is InChI=1S/C19H20N2O3/c1-2-3-7-16(19(23)24)21-18(22)14-11-17(12-9-10-12)20-15-8-5-4-6-13(14)15/h2,4-6,8,11-12,16H,1,3,7,9-10H2,(H,21,22)(H,23,24). The number of carbonyl (C=O) groups is 2. The Hall–Kier alpha value is -2.69. The molecule has 1 amide bonds. The second-order valence-electron chi connectivity index (χ2n) is 6.12. The number of para-hydroxylation sites is 1. The van der Waals surface area contributed by atoms with Crippen LogP contribution >= 0.6 is 0 Å². The average Bonchev–Trinajstić information content (AvgIpc) is 3.42. The molecule has 5 nitrogen and oxygen atoms in total. The molecule has 1 fully saturated rings. The van der Waals surface area contributed by atoms with Crippen molar-refractivity contribution in [2.45, 2.75) is 37.6 Å². The van der Waals surface area contributed by atoms with E-state index in [1.165, 1.54) is 0 Å². The van der Waals surface area contributed by atoms with Crippen LogP contribution in [0.25, 0.3) is 10.9 Å². The van der Waals surface area contributed by atoms with E-state index in [1.807, 2.05) is 30.3 Å². The van der Waals surface area contributed by atoms with Gasteiger partial charge in [-0.1, -0.05) is 24.3 Å². The highest BCUT2D eigenvalue weighted by Crippen LogP contribution is 2.40. The van der Waals surface area contributed by atoms with Gasteiger partial charge in [0.05, 0.1) is 11.1 Å². The van der Waals surface area contributed by atoms with Crippen LogP contribution < -0.4 is 5.32 Å². The van der Waals surface area contributed by atoms with Crippen molar-refractivity contribution in [3.05, 3.63) is 54.2 Å². The third kappa shape index (κ3) is 3.45. The van der Waals surface area contributed by atoms with Gasteiger partial charge in [0.2, 0.25) is 0 Å². The third-order valence-corrected chi connectivity index (χ3v) is 4.24. The molecule has 1 aromatic carbocycles. The maximum Gasteiger partial charge on any atom is 0.326 e. The lowest BCUT2D eigenvalue weighted by molar-refractivity contribution is -0.139. The van der Waals surface area contributed by atoms with Crippen LogP contribution in [0, 0.1) is 0 Å². The van der Waals surface area contributed by atoms with E-state index in [0.29, 0.717) is 24.3 Å². The summed E-state index contributed by atoms with van der Waals surface area (Å²) < 4.78 is 0. The van der Waals surface area contributed by atoms with Crippen LogP contribution in [0.15, 0.2) is 43.0 Å². The smallest absolute Gasteiger partial charge is 0.326 e. The van der Waals surface area contributed by atoms with E-state index in [2.05, 4.69) is 16.9 Å². The second kappa shape index (κ2) is 6.83. The third-order valence-electron chi connectivity index (χ3n) is 4.24. The number of hydrogen-bond donors (Lipinski definition) is 2. The first-order valence-electron chi connectivity index (χ1n) is 8.14. The minimum atomic E-state index is -1.04. The summed E-state index contributed by atoms with van der Waals surface area (Å²) >= 11 is 0. The molecule has 0 bridgehead atoms. The zero-order chi connectivity index (χ0) is 17.1. The lowest BCUT2D eigenvalue weighted by Crippen LogP contribution is -2.40. The molecule has 5 heteroatoms. The van der Waals surface area contributed by atoms with E-state index in [-0.39, 0.29) is 5.91 Å². The molecule has 1 aromatic heterocycles. The number of aliphatic carboxylic acids is 1. The Kier molecular flexibility index (Phi) is 4.60. The molecule has 124 valence electrons. The van der Waals surface area contributed by atoms with Gasteiger partial charge in [0, 0.05) is 17.0 Å². The minimum absolute atomic E-state index is 0.322. The molecule has 1 aliphatic rings. The van der Waals surface area contributed by atoms with Crippen molar-refractivity contribution in [3.8, 4) is 0 Å². The van der Waals surface area contributed by atoms with Gasteiger partial charge in [0.25, 0.3) is 5.91 Å². The predicted molar refractivity (Wildman–Crippen MR) is 92.0 cm³/mol. The van der Waals surface area contributed by atoms with Crippen molar-refractivity contribution in [1.29, 1.82) is 0 Å². The average molecular weight is 324 g/mol. The van der Waals surface area contributed by atoms with Gasteiger partial charge in [-0.2, -0.15) is 0 Å². The molecular weight excluding hydrogens is 304 g/mol. The summed E-state index contributed by atoms with van der Waals surface area (Å²) in [6.07, 6.45) is 4.67. The number of benzene rings is 1. The second-order valence-corrected chi connectivity index (χ2v) is 6.12. The number of carboxylic acids is 1. The van der Waals surface area contributed by atoms with E-state index >= 15 is 0 Å². The van der Waals surface area contributed by atoms with Crippen LogP contribution in [0.2, 0.25) is 0 Å². The van der Waals surface area contributed by atoms with Crippen LogP contribution in [-0.4, -0.2) is 28.0 Å². The fraction of sp³-hybridized carbons (Fsp3) is 0.316. The van der Waals surface area contributed by atoms with Crippen LogP contribution in [0.3, 0.4) is 0 Å². The summed E-state index contributed by atoms with van der Waals surface area (Å²) in [5.74, 6) is -0.991.